The Bertz CT molecular complexity index is 315. The van der Waals surface area contributed by atoms with Gasteiger partial charge in [0.2, 0.25) is 0 Å². The maximum Gasteiger partial charge on any atom is 0.338 e. The minimum absolute atomic E-state index is 0.227. The van der Waals surface area contributed by atoms with Gasteiger partial charge >= 0.3 is 5.97 Å². The quantitative estimate of drug-likeness (QED) is 0.715. The lowest BCUT2D eigenvalue weighted by Gasteiger charge is -1.92. The van der Waals surface area contributed by atoms with Crippen LogP contribution in [0.2, 0.25) is 0 Å². The topological polar surface area (TPSA) is 55.1 Å². The van der Waals surface area contributed by atoms with E-state index in [1.165, 1.54) is 12.4 Å². The van der Waals surface area contributed by atoms with Crippen molar-refractivity contribution in [2.75, 3.05) is 0 Å². The Labute approximate surface area is 76.5 Å². The molecule has 0 amide bonds. The van der Waals surface area contributed by atoms with Crippen LogP contribution >= 0.6 is 0 Å². The van der Waals surface area contributed by atoms with Crippen LogP contribution in [-0.4, -0.2) is 20.9 Å². The first kappa shape index (κ1) is 9.51. The molecule has 1 rings (SSSR count). The summed E-state index contributed by atoms with van der Waals surface area (Å²) in [4.78, 5) is 10.5. The molecule has 0 unspecified atom stereocenters. The third-order valence-electron chi connectivity index (χ3n) is 1.58. The van der Waals surface area contributed by atoms with Crippen LogP contribution in [0.1, 0.15) is 23.7 Å². The van der Waals surface area contributed by atoms with Crippen LogP contribution in [0.15, 0.2) is 24.5 Å². The van der Waals surface area contributed by atoms with E-state index in [2.05, 4.69) is 5.10 Å². The number of carboxylic acids is 1. The second-order valence-electron chi connectivity index (χ2n) is 2.64. The average molecular weight is 180 g/mol. The van der Waals surface area contributed by atoms with E-state index in [0.717, 1.165) is 6.42 Å². The van der Waals surface area contributed by atoms with Crippen LogP contribution in [0.3, 0.4) is 0 Å². The molecule has 0 fully saturated rings. The first-order chi connectivity index (χ1) is 6.24. The highest BCUT2D eigenvalue weighted by Gasteiger charge is 2.03. The molecule has 0 atom stereocenters. The van der Waals surface area contributed by atoms with Gasteiger partial charge in [0.05, 0.1) is 18.3 Å². The molecule has 1 N–H and O–H groups in total. The predicted molar refractivity (Wildman–Crippen MR) is 48.6 cm³/mol. The van der Waals surface area contributed by atoms with Crippen molar-refractivity contribution in [2.24, 2.45) is 0 Å². The van der Waals surface area contributed by atoms with Crippen molar-refractivity contribution in [3.8, 4) is 0 Å². The lowest BCUT2D eigenvalue weighted by molar-refractivity contribution is 0.0697. The molecule has 0 aromatic carbocycles. The lowest BCUT2D eigenvalue weighted by atomic mass is 10.4. The molecule has 0 radical (unpaired) electrons. The molecule has 0 aliphatic heterocycles. The van der Waals surface area contributed by atoms with Gasteiger partial charge in [0.1, 0.15) is 0 Å². The van der Waals surface area contributed by atoms with Gasteiger partial charge in [-0.25, -0.2) is 4.79 Å². The molecule has 13 heavy (non-hydrogen) atoms. The molecular weight excluding hydrogens is 168 g/mol. The highest BCUT2D eigenvalue weighted by atomic mass is 16.4. The van der Waals surface area contributed by atoms with Crippen LogP contribution in [0, 0.1) is 0 Å². The molecule has 0 saturated heterocycles. The van der Waals surface area contributed by atoms with E-state index >= 15 is 0 Å². The summed E-state index contributed by atoms with van der Waals surface area (Å²) < 4.78 is 1.59. The van der Waals surface area contributed by atoms with E-state index < -0.39 is 5.97 Å². The fourth-order valence-electron chi connectivity index (χ4n) is 0.923. The first-order valence-electron chi connectivity index (χ1n) is 4.14. The summed E-state index contributed by atoms with van der Waals surface area (Å²) in [5.41, 5.74) is 0.227. The van der Waals surface area contributed by atoms with Crippen molar-refractivity contribution in [1.82, 2.24) is 9.78 Å². The number of aromatic carboxylic acids is 1. The van der Waals surface area contributed by atoms with Gasteiger partial charge in [0, 0.05) is 6.20 Å². The Balaban J connectivity index is 2.59. The Kier molecular flexibility index (Phi) is 3.25. The minimum Gasteiger partial charge on any atom is -0.478 e. The summed E-state index contributed by atoms with van der Waals surface area (Å²) in [6.45, 7) is 2.67. The number of carbonyl (C=O) groups is 1. The molecule has 1 aromatic heterocycles. The average Bonchev–Trinajstić information content (AvgIpc) is 2.53. The van der Waals surface area contributed by atoms with Gasteiger partial charge in [-0.2, -0.15) is 5.10 Å². The van der Waals surface area contributed by atoms with Crippen molar-refractivity contribution in [3.63, 3.8) is 0 Å². The third kappa shape index (κ3) is 2.74. The summed E-state index contributed by atoms with van der Waals surface area (Å²) >= 11 is 0. The normalized spacial score (nSPS) is 10.8. The molecule has 70 valence electrons. The van der Waals surface area contributed by atoms with Crippen LogP contribution in [0.4, 0.5) is 0 Å². The van der Waals surface area contributed by atoms with E-state index in [4.69, 9.17) is 5.11 Å². The van der Waals surface area contributed by atoms with Gasteiger partial charge in [0.15, 0.2) is 0 Å². The number of aromatic nitrogens is 2. The molecule has 1 heterocycles. The van der Waals surface area contributed by atoms with E-state index in [9.17, 15) is 4.79 Å². The standard InChI is InChI=1S/C9H12N2O2/c1-2-3-4-5-11-7-8(6-10-11)9(12)13/h3-4,6-7H,2,5H2,1H3,(H,12,13)/b4-3+. The smallest absolute Gasteiger partial charge is 0.338 e. The van der Waals surface area contributed by atoms with Crippen molar-refractivity contribution >= 4 is 5.97 Å². The van der Waals surface area contributed by atoms with Crippen LogP contribution in [0.5, 0.6) is 0 Å². The van der Waals surface area contributed by atoms with Gasteiger partial charge in [-0.3, -0.25) is 4.68 Å². The number of hydrogen-bond acceptors (Lipinski definition) is 2. The Morgan fingerprint density at radius 2 is 2.46 bits per heavy atom. The zero-order valence-electron chi connectivity index (χ0n) is 7.47. The maximum atomic E-state index is 10.5. The van der Waals surface area contributed by atoms with Gasteiger partial charge in [-0.15, -0.1) is 0 Å². The number of carboxylic acid groups (broad SMARTS) is 1. The van der Waals surface area contributed by atoms with Gasteiger partial charge < -0.3 is 5.11 Å². The van der Waals surface area contributed by atoms with Gasteiger partial charge in [-0.05, 0) is 6.42 Å². The fraction of sp³-hybridized carbons (Fsp3) is 0.333. The molecule has 0 aliphatic carbocycles. The van der Waals surface area contributed by atoms with Crippen LogP contribution < -0.4 is 0 Å². The van der Waals surface area contributed by atoms with Crippen LogP contribution in [-0.2, 0) is 6.54 Å². The summed E-state index contributed by atoms with van der Waals surface area (Å²) in [7, 11) is 0. The molecule has 0 aliphatic rings. The monoisotopic (exact) mass is 180 g/mol. The molecular formula is C9H12N2O2. The third-order valence-corrected chi connectivity index (χ3v) is 1.58. The Hall–Kier alpha value is -1.58. The highest BCUT2D eigenvalue weighted by Crippen LogP contribution is 1.97. The Morgan fingerprint density at radius 3 is 3.00 bits per heavy atom. The molecule has 0 saturated carbocycles. The van der Waals surface area contributed by atoms with Crippen molar-refractivity contribution in [1.29, 1.82) is 0 Å². The van der Waals surface area contributed by atoms with E-state index in [1.807, 2.05) is 19.1 Å². The van der Waals surface area contributed by atoms with Crippen molar-refractivity contribution in [3.05, 3.63) is 30.1 Å². The highest BCUT2D eigenvalue weighted by molar-refractivity contribution is 5.86. The van der Waals surface area contributed by atoms with Crippen molar-refractivity contribution in [2.45, 2.75) is 19.9 Å². The molecule has 1 aromatic rings. The second kappa shape index (κ2) is 4.45. The van der Waals surface area contributed by atoms with Gasteiger partial charge in [0.25, 0.3) is 0 Å². The molecule has 4 heteroatoms. The van der Waals surface area contributed by atoms with E-state index in [1.54, 1.807) is 4.68 Å². The van der Waals surface area contributed by atoms with E-state index in [0.29, 0.717) is 6.54 Å². The summed E-state index contributed by atoms with van der Waals surface area (Å²) in [6, 6.07) is 0. The number of nitrogens with zero attached hydrogens (tertiary/aromatic N) is 2. The first-order valence-corrected chi connectivity index (χ1v) is 4.14. The lowest BCUT2D eigenvalue weighted by Crippen LogP contribution is -1.96. The second-order valence-corrected chi connectivity index (χ2v) is 2.64. The predicted octanol–water partition coefficient (Wildman–Crippen LogP) is 1.55. The summed E-state index contributed by atoms with van der Waals surface area (Å²) in [6.07, 6.45) is 7.82. The number of hydrogen-bond donors (Lipinski definition) is 1. The Morgan fingerprint density at radius 1 is 1.69 bits per heavy atom. The van der Waals surface area contributed by atoms with Crippen molar-refractivity contribution < 1.29 is 9.90 Å². The fourth-order valence-corrected chi connectivity index (χ4v) is 0.923. The SMILES string of the molecule is CC/C=C/Cn1cc(C(=O)O)cn1. The summed E-state index contributed by atoms with van der Waals surface area (Å²) in [5, 5.41) is 12.5. The van der Waals surface area contributed by atoms with Gasteiger partial charge in [-0.1, -0.05) is 19.1 Å². The zero-order chi connectivity index (χ0) is 9.68. The maximum absolute atomic E-state index is 10.5. The molecule has 0 bridgehead atoms. The largest absolute Gasteiger partial charge is 0.478 e. The number of rotatable bonds is 4. The minimum atomic E-state index is -0.939. The van der Waals surface area contributed by atoms with E-state index in [-0.39, 0.29) is 5.56 Å². The van der Waals surface area contributed by atoms with Crippen LogP contribution in [0.25, 0.3) is 0 Å². The summed E-state index contributed by atoms with van der Waals surface area (Å²) in [5.74, 6) is -0.939. The zero-order valence-corrected chi connectivity index (χ0v) is 7.47. The molecule has 4 nitrogen and oxygen atoms in total. The molecule has 0 spiro atoms. The number of allylic oxidation sites excluding steroid dienone is 2.